The van der Waals surface area contributed by atoms with Crippen LogP contribution < -0.4 is 10.4 Å². The second-order valence-electron chi connectivity index (χ2n) is 17.3. The van der Waals surface area contributed by atoms with Crippen LogP contribution in [0.1, 0.15) is 84.5 Å². The summed E-state index contributed by atoms with van der Waals surface area (Å²) >= 11 is 0. The van der Waals surface area contributed by atoms with Crippen molar-refractivity contribution >= 4 is 22.3 Å². The molecule has 3 unspecified atom stereocenters. The molecule has 6 aromatic carbocycles. The fourth-order valence-corrected chi connectivity index (χ4v) is 11.1. The summed E-state index contributed by atoms with van der Waals surface area (Å²) in [6, 6.07) is 65.1. The van der Waals surface area contributed by atoms with Crippen molar-refractivity contribution in [2.75, 3.05) is 0 Å². The van der Waals surface area contributed by atoms with Gasteiger partial charge in [0, 0.05) is 34.2 Å². The van der Waals surface area contributed by atoms with E-state index in [-0.39, 0.29) is 11.8 Å². The van der Waals surface area contributed by atoms with Gasteiger partial charge in [-0.3, -0.25) is 4.98 Å². The molecule has 11 rings (SSSR count). The molecule has 0 aliphatic heterocycles. The van der Waals surface area contributed by atoms with E-state index in [2.05, 4.69) is 214 Å². The maximum absolute atomic E-state index is 5.33. The molecule has 0 fully saturated rings. The van der Waals surface area contributed by atoms with E-state index in [1.807, 2.05) is 6.07 Å². The Labute approximate surface area is 366 Å². The molecule has 4 aliphatic rings. The quantitative estimate of drug-likeness (QED) is 0.134. The lowest BCUT2D eigenvalue weighted by atomic mass is 9.66. The Kier molecular flexibility index (Phi) is 9.66. The molecule has 1 heteroatoms. The second kappa shape index (κ2) is 15.8. The number of hydrogen-bond donors (Lipinski definition) is 0. The van der Waals surface area contributed by atoms with E-state index in [0.29, 0.717) is 5.92 Å². The Hall–Kier alpha value is -7.01. The van der Waals surface area contributed by atoms with Crippen molar-refractivity contribution in [2.24, 2.45) is 11.8 Å². The topological polar surface area (TPSA) is 12.9 Å². The van der Waals surface area contributed by atoms with Gasteiger partial charge in [0.25, 0.3) is 0 Å². The zero-order valence-electron chi connectivity index (χ0n) is 35.5. The van der Waals surface area contributed by atoms with Crippen LogP contribution in [0.15, 0.2) is 194 Å². The second-order valence-corrected chi connectivity index (χ2v) is 17.3. The highest BCUT2D eigenvalue weighted by molar-refractivity contribution is 5.95. The molecule has 4 aliphatic carbocycles. The first-order chi connectivity index (χ1) is 30.7. The van der Waals surface area contributed by atoms with Crippen LogP contribution in [0.4, 0.5) is 0 Å². The summed E-state index contributed by atoms with van der Waals surface area (Å²) in [6.45, 7) is 4.59. The summed E-state index contributed by atoms with van der Waals surface area (Å²) in [5, 5.41) is 2.40. The van der Waals surface area contributed by atoms with Crippen LogP contribution in [-0.4, -0.2) is 4.98 Å². The first-order valence-corrected chi connectivity index (χ1v) is 22.6. The predicted molar refractivity (Wildman–Crippen MR) is 257 cm³/mol. The van der Waals surface area contributed by atoms with Crippen LogP contribution in [0, 0.1) is 24.0 Å². The minimum absolute atomic E-state index is 0.139. The largest absolute Gasteiger partial charge is 0.253 e. The number of unbranched alkanes of at least 4 members (excludes halogenated alkanes) is 1. The van der Waals surface area contributed by atoms with Crippen molar-refractivity contribution < 1.29 is 0 Å². The third-order valence-corrected chi connectivity index (χ3v) is 14.0. The molecule has 0 bridgehead atoms. The van der Waals surface area contributed by atoms with E-state index in [1.165, 1.54) is 90.6 Å². The molecular weight excluding hydrogens is 747 g/mol. The van der Waals surface area contributed by atoms with E-state index in [9.17, 15) is 0 Å². The Bertz CT molecular complexity index is 3050. The fraction of sp³-hybridized carbons (Fsp3) is 0.164. The predicted octanol–water partition coefficient (Wildman–Crippen LogP) is 13.3. The lowest BCUT2D eigenvalue weighted by Crippen LogP contribution is -2.39. The van der Waals surface area contributed by atoms with Gasteiger partial charge in [0.15, 0.2) is 0 Å². The maximum atomic E-state index is 5.33. The molecule has 1 nitrogen and oxygen atoms in total. The van der Waals surface area contributed by atoms with Gasteiger partial charge >= 0.3 is 0 Å². The minimum atomic E-state index is -0.421. The van der Waals surface area contributed by atoms with Gasteiger partial charge in [0.05, 0.1) is 11.1 Å². The molecule has 0 amide bonds. The van der Waals surface area contributed by atoms with Crippen LogP contribution in [0.2, 0.25) is 0 Å². The highest BCUT2D eigenvalue weighted by Gasteiger charge is 2.46. The summed E-state index contributed by atoms with van der Waals surface area (Å²) < 4.78 is 0. The molecule has 0 N–H and O–H groups in total. The van der Waals surface area contributed by atoms with Gasteiger partial charge in [0.2, 0.25) is 0 Å². The Morgan fingerprint density at radius 3 is 2.15 bits per heavy atom. The Morgan fingerprint density at radius 2 is 1.39 bits per heavy atom. The molecule has 7 aromatic rings. The first kappa shape index (κ1) is 38.0. The third-order valence-electron chi connectivity index (χ3n) is 14.0. The van der Waals surface area contributed by atoms with E-state index in [4.69, 9.17) is 4.98 Å². The summed E-state index contributed by atoms with van der Waals surface area (Å²) in [5.41, 5.74) is 18.5. The van der Waals surface area contributed by atoms with Crippen molar-refractivity contribution in [2.45, 2.75) is 50.9 Å². The van der Waals surface area contributed by atoms with Crippen molar-refractivity contribution in [1.29, 1.82) is 0 Å². The van der Waals surface area contributed by atoms with Gasteiger partial charge in [-0.1, -0.05) is 197 Å². The normalized spacial score (nSPS) is 18.0. The number of allylic oxidation sites excluding steroid dienone is 8. The van der Waals surface area contributed by atoms with Gasteiger partial charge in [-0.25, -0.2) is 0 Å². The lowest BCUT2D eigenvalue weighted by molar-refractivity contribution is 0.558. The van der Waals surface area contributed by atoms with Gasteiger partial charge in [0.1, 0.15) is 0 Å². The molecular formula is C61H49N. The molecule has 298 valence electrons. The summed E-state index contributed by atoms with van der Waals surface area (Å²) in [4.78, 5) is 5.33. The van der Waals surface area contributed by atoms with Gasteiger partial charge in [-0.15, -0.1) is 0 Å². The molecule has 0 spiro atoms. The number of nitrogens with zero attached hydrogens (tertiary/aromatic N) is 1. The zero-order valence-corrected chi connectivity index (χ0v) is 35.5. The smallest absolute Gasteiger partial charge is 0.0713 e. The lowest BCUT2D eigenvalue weighted by Gasteiger charge is -2.36. The van der Waals surface area contributed by atoms with Crippen molar-refractivity contribution in [1.82, 2.24) is 4.98 Å². The monoisotopic (exact) mass is 795 g/mol. The molecule has 0 saturated heterocycles. The Balaban J connectivity index is 1.05. The summed E-state index contributed by atoms with van der Waals surface area (Å²) in [7, 11) is 0. The van der Waals surface area contributed by atoms with Crippen LogP contribution in [0.3, 0.4) is 0 Å². The van der Waals surface area contributed by atoms with Crippen LogP contribution in [0.25, 0.3) is 44.7 Å². The number of benzene rings is 5. The maximum Gasteiger partial charge on any atom is 0.0713 e. The number of aromatic nitrogens is 1. The SMILES string of the molecule is CCCCC(CC)c1cc(C2=CC3=c4c#cccc4=C4C=CC=C(c5ccc6c(c5)-c5ccccc5C6(c5ccccc5)c5ccccc5)C4C3C=C2)cc(-c2ccccc2)n1. The zero-order chi connectivity index (χ0) is 41.6. The average molecular weight is 796 g/mol. The number of rotatable bonds is 10. The van der Waals surface area contributed by atoms with Crippen LogP contribution >= 0.6 is 0 Å². The van der Waals surface area contributed by atoms with E-state index < -0.39 is 5.41 Å². The summed E-state index contributed by atoms with van der Waals surface area (Å²) in [5.74, 6) is 0.704. The highest BCUT2D eigenvalue weighted by atomic mass is 14.7. The average Bonchev–Trinajstić information content (AvgIpc) is 3.65. The first-order valence-electron chi connectivity index (χ1n) is 22.6. The molecule has 1 aromatic heterocycles. The molecule has 0 saturated carbocycles. The van der Waals surface area contributed by atoms with Gasteiger partial charge in [-0.2, -0.15) is 0 Å². The van der Waals surface area contributed by atoms with Crippen molar-refractivity contribution in [3.05, 3.63) is 256 Å². The fourth-order valence-electron chi connectivity index (χ4n) is 11.1. The van der Waals surface area contributed by atoms with Crippen molar-refractivity contribution in [3.8, 4) is 22.4 Å². The summed E-state index contributed by atoms with van der Waals surface area (Å²) in [6.07, 6.45) is 18.9. The van der Waals surface area contributed by atoms with Gasteiger partial charge < -0.3 is 0 Å². The molecule has 1 heterocycles. The van der Waals surface area contributed by atoms with Gasteiger partial charge in [-0.05, 0) is 121 Å². The Morgan fingerprint density at radius 1 is 0.661 bits per heavy atom. The number of hydrogen-bond acceptors (Lipinski definition) is 1. The minimum Gasteiger partial charge on any atom is -0.253 e. The standard InChI is InChI=1S/C61H49N/c1-3-5-20-41(4-2)58-39-45(40-59(62-58)42-21-9-6-10-22-42)43-33-35-53-54(37-43)50-28-16-15-27-49(50)52-31-19-30-48(60(52)53)44-34-36-57-55(38-44)51-29-17-18-32-56(51)61(57,46-23-11-7-12-24-46)47-25-13-8-14-26-47/h6-15,17-19,21-27,29-41,53,60H,3-5,20H2,1-2H3. The van der Waals surface area contributed by atoms with E-state index >= 15 is 0 Å². The van der Waals surface area contributed by atoms with Crippen LogP contribution in [0.5, 0.6) is 0 Å². The molecule has 62 heavy (non-hydrogen) atoms. The third kappa shape index (κ3) is 6.12. The van der Waals surface area contributed by atoms with E-state index in [0.717, 1.165) is 29.3 Å². The van der Waals surface area contributed by atoms with Crippen LogP contribution in [-0.2, 0) is 5.41 Å². The molecule has 0 radical (unpaired) electrons. The number of pyridine rings is 1. The highest BCUT2D eigenvalue weighted by Crippen LogP contribution is 2.57. The van der Waals surface area contributed by atoms with E-state index in [1.54, 1.807) is 0 Å². The van der Waals surface area contributed by atoms with Crippen molar-refractivity contribution in [3.63, 3.8) is 0 Å². The number of fused-ring (bicyclic) bond motifs is 7. The molecule has 3 atom stereocenters.